The molecule has 0 aliphatic heterocycles. The first-order valence-electron chi connectivity index (χ1n) is 3.41. The molecule has 0 aromatic heterocycles. The molecule has 0 saturated carbocycles. The van der Waals surface area contributed by atoms with Gasteiger partial charge in [0.05, 0.1) is 0 Å². The zero-order valence-corrected chi connectivity index (χ0v) is 8.45. The minimum absolute atomic E-state index is 0. The molecule has 0 bridgehead atoms. The SMILES string of the molecule is Br.NC(=O)C(N)c1ccc(F)cc1. The fourth-order valence-electron chi connectivity index (χ4n) is 0.834. The second-order valence-electron chi connectivity index (χ2n) is 2.43. The van der Waals surface area contributed by atoms with Crippen LogP contribution in [0.15, 0.2) is 24.3 Å². The van der Waals surface area contributed by atoms with Gasteiger partial charge in [0.25, 0.3) is 0 Å². The molecule has 0 saturated heterocycles. The van der Waals surface area contributed by atoms with E-state index in [9.17, 15) is 9.18 Å². The standard InChI is InChI=1S/C8H9FN2O.BrH/c9-6-3-1-5(2-4-6)7(10)8(11)12;/h1-4,7H,10H2,(H2,11,12);1H. The largest absolute Gasteiger partial charge is 0.368 e. The van der Waals surface area contributed by atoms with Crippen LogP contribution in [0.2, 0.25) is 0 Å². The van der Waals surface area contributed by atoms with Gasteiger partial charge in [-0.05, 0) is 17.7 Å². The highest BCUT2D eigenvalue weighted by molar-refractivity contribution is 8.93. The van der Waals surface area contributed by atoms with Crippen LogP contribution in [0.5, 0.6) is 0 Å². The summed E-state index contributed by atoms with van der Waals surface area (Å²) in [5, 5.41) is 0. The summed E-state index contributed by atoms with van der Waals surface area (Å²) in [6.07, 6.45) is 0. The quantitative estimate of drug-likeness (QED) is 0.817. The van der Waals surface area contributed by atoms with Crippen LogP contribution < -0.4 is 11.5 Å². The van der Waals surface area contributed by atoms with Crippen molar-refractivity contribution in [2.45, 2.75) is 6.04 Å². The van der Waals surface area contributed by atoms with Crippen molar-refractivity contribution >= 4 is 22.9 Å². The zero-order chi connectivity index (χ0) is 9.14. The highest BCUT2D eigenvalue weighted by atomic mass is 79.9. The molecule has 72 valence electrons. The molecular weight excluding hydrogens is 239 g/mol. The topological polar surface area (TPSA) is 69.1 Å². The Kier molecular flexibility index (Phi) is 4.58. The maximum absolute atomic E-state index is 12.4. The second kappa shape index (κ2) is 4.94. The van der Waals surface area contributed by atoms with Crippen molar-refractivity contribution in [1.29, 1.82) is 0 Å². The lowest BCUT2D eigenvalue weighted by atomic mass is 10.1. The number of hydrogen-bond donors (Lipinski definition) is 2. The summed E-state index contributed by atoms with van der Waals surface area (Å²) in [5.41, 5.74) is 10.9. The predicted molar refractivity (Wildman–Crippen MR) is 52.8 cm³/mol. The molecule has 0 fully saturated rings. The lowest BCUT2D eigenvalue weighted by Gasteiger charge is -2.06. The van der Waals surface area contributed by atoms with Crippen molar-refractivity contribution in [2.24, 2.45) is 11.5 Å². The van der Waals surface area contributed by atoms with Gasteiger partial charge in [0, 0.05) is 0 Å². The Morgan fingerprint density at radius 2 is 1.77 bits per heavy atom. The Morgan fingerprint density at radius 3 is 2.15 bits per heavy atom. The van der Waals surface area contributed by atoms with Crippen LogP contribution >= 0.6 is 17.0 Å². The number of benzene rings is 1. The van der Waals surface area contributed by atoms with E-state index in [0.717, 1.165) is 0 Å². The summed E-state index contributed by atoms with van der Waals surface area (Å²) in [5.74, 6) is -0.989. The molecule has 0 spiro atoms. The molecule has 13 heavy (non-hydrogen) atoms. The summed E-state index contributed by atoms with van der Waals surface area (Å²) >= 11 is 0. The van der Waals surface area contributed by atoms with Crippen LogP contribution in [0.3, 0.4) is 0 Å². The lowest BCUT2D eigenvalue weighted by molar-refractivity contribution is -0.119. The molecule has 1 rings (SSSR count). The Morgan fingerprint density at radius 1 is 1.31 bits per heavy atom. The van der Waals surface area contributed by atoms with Gasteiger partial charge in [0.2, 0.25) is 5.91 Å². The number of carbonyl (C=O) groups is 1. The van der Waals surface area contributed by atoms with Gasteiger partial charge >= 0.3 is 0 Å². The molecule has 0 aliphatic rings. The fraction of sp³-hybridized carbons (Fsp3) is 0.125. The van der Waals surface area contributed by atoms with Gasteiger partial charge in [0.1, 0.15) is 11.9 Å². The van der Waals surface area contributed by atoms with E-state index in [1.54, 1.807) is 0 Å². The van der Waals surface area contributed by atoms with Crippen LogP contribution in [0.25, 0.3) is 0 Å². The number of hydrogen-bond acceptors (Lipinski definition) is 2. The van der Waals surface area contributed by atoms with Crippen molar-refractivity contribution in [3.63, 3.8) is 0 Å². The Balaban J connectivity index is 0.00000144. The molecule has 0 heterocycles. The molecule has 0 aliphatic carbocycles. The van der Waals surface area contributed by atoms with Gasteiger partial charge < -0.3 is 11.5 Å². The maximum atomic E-state index is 12.4. The maximum Gasteiger partial charge on any atom is 0.238 e. The monoisotopic (exact) mass is 248 g/mol. The number of rotatable bonds is 2. The Labute approximate surface area is 85.7 Å². The van der Waals surface area contributed by atoms with Crippen molar-refractivity contribution in [1.82, 2.24) is 0 Å². The highest BCUT2D eigenvalue weighted by Gasteiger charge is 2.10. The van der Waals surface area contributed by atoms with E-state index in [1.165, 1.54) is 24.3 Å². The second-order valence-corrected chi connectivity index (χ2v) is 2.43. The van der Waals surface area contributed by atoms with Gasteiger partial charge in [-0.25, -0.2) is 4.39 Å². The average molecular weight is 249 g/mol. The van der Waals surface area contributed by atoms with E-state index >= 15 is 0 Å². The van der Waals surface area contributed by atoms with Gasteiger partial charge in [-0.15, -0.1) is 17.0 Å². The van der Waals surface area contributed by atoms with Crippen LogP contribution in [0.1, 0.15) is 11.6 Å². The summed E-state index contributed by atoms with van der Waals surface area (Å²) in [6, 6.07) is 4.48. The lowest BCUT2D eigenvalue weighted by Crippen LogP contribution is -2.28. The third kappa shape index (κ3) is 3.12. The average Bonchev–Trinajstić information content (AvgIpc) is 2.04. The molecule has 0 radical (unpaired) electrons. The van der Waals surface area contributed by atoms with Crippen molar-refractivity contribution in [3.8, 4) is 0 Å². The molecule has 1 amide bonds. The van der Waals surface area contributed by atoms with E-state index in [2.05, 4.69) is 0 Å². The first-order valence-corrected chi connectivity index (χ1v) is 3.41. The molecule has 1 aromatic carbocycles. The van der Waals surface area contributed by atoms with Crippen LogP contribution in [0, 0.1) is 5.82 Å². The fourth-order valence-corrected chi connectivity index (χ4v) is 0.834. The van der Waals surface area contributed by atoms with Crippen LogP contribution in [-0.4, -0.2) is 5.91 Å². The zero-order valence-electron chi connectivity index (χ0n) is 6.74. The number of nitrogens with two attached hydrogens (primary N) is 2. The highest BCUT2D eigenvalue weighted by Crippen LogP contribution is 2.09. The van der Waals surface area contributed by atoms with E-state index in [-0.39, 0.29) is 22.8 Å². The van der Waals surface area contributed by atoms with Crippen molar-refractivity contribution in [2.75, 3.05) is 0 Å². The van der Waals surface area contributed by atoms with Crippen molar-refractivity contribution in [3.05, 3.63) is 35.6 Å². The minimum atomic E-state index is -0.856. The van der Waals surface area contributed by atoms with E-state index in [4.69, 9.17) is 11.5 Å². The summed E-state index contributed by atoms with van der Waals surface area (Å²) in [6.45, 7) is 0. The molecule has 1 unspecified atom stereocenters. The molecular formula is C8H10BrFN2O. The third-order valence-corrected chi connectivity index (χ3v) is 1.54. The number of carbonyl (C=O) groups excluding carboxylic acids is 1. The summed E-state index contributed by atoms with van der Waals surface area (Å²) < 4.78 is 12.4. The smallest absolute Gasteiger partial charge is 0.238 e. The summed E-state index contributed by atoms with van der Waals surface area (Å²) in [7, 11) is 0. The first kappa shape index (κ1) is 12.1. The first-order chi connectivity index (χ1) is 5.61. The van der Waals surface area contributed by atoms with Gasteiger partial charge in [-0.2, -0.15) is 0 Å². The number of primary amides is 1. The molecule has 5 heteroatoms. The molecule has 1 atom stereocenters. The minimum Gasteiger partial charge on any atom is -0.368 e. The van der Waals surface area contributed by atoms with Crippen molar-refractivity contribution < 1.29 is 9.18 Å². The number of amides is 1. The predicted octanol–water partition coefficient (Wildman–Crippen LogP) is 0.889. The number of halogens is 2. The third-order valence-electron chi connectivity index (χ3n) is 1.54. The van der Waals surface area contributed by atoms with E-state index < -0.39 is 11.9 Å². The van der Waals surface area contributed by atoms with Crippen LogP contribution in [-0.2, 0) is 4.79 Å². The Bertz CT molecular complexity index is 289. The van der Waals surface area contributed by atoms with E-state index in [0.29, 0.717) is 5.56 Å². The summed E-state index contributed by atoms with van der Waals surface area (Å²) in [4.78, 5) is 10.6. The normalized spacial score (nSPS) is 11.5. The van der Waals surface area contributed by atoms with Gasteiger partial charge in [-0.1, -0.05) is 12.1 Å². The van der Waals surface area contributed by atoms with Crippen LogP contribution in [0.4, 0.5) is 4.39 Å². The molecule has 4 N–H and O–H groups in total. The van der Waals surface area contributed by atoms with Gasteiger partial charge in [-0.3, -0.25) is 4.79 Å². The molecule has 3 nitrogen and oxygen atoms in total. The Hall–Kier alpha value is -0.940. The molecule has 1 aromatic rings. The van der Waals surface area contributed by atoms with E-state index in [1.807, 2.05) is 0 Å². The van der Waals surface area contributed by atoms with Gasteiger partial charge in [0.15, 0.2) is 0 Å².